The Morgan fingerprint density at radius 3 is 2.56 bits per heavy atom. The first kappa shape index (κ1) is 18.5. The maximum atomic E-state index is 12.5. The number of carbonyl (C=O) groups is 2. The van der Waals surface area contributed by atoms with Crippen molar-refractivity contribution in [2.24, 2.45) is 0 Å². The van der Waals surface area contributed by atoms with E-state index in [0.717, 1.165) is 21.9 Å². The summed E-state index contributed by atoms with van der Waals surface area (Å²) in [6.07, 6.45) is 0.293. The van der Waals surface area contributed by atoms with Crippen LogP contribution in [0.2, 0.25) is 0 Å². The van der Waals surface area contributed by atoms with E-state index in [0.29, 0.717) is 17.9 Å². The van der Waals surface area contributed by atoms with E-state index in [4.69, 9.17) is 4.74 Å². The maximum Gasteiger partial charge on any atom is 0.343 e. The van der Waals surface area contributed by atoms with Gasteiger partial charge in [0.15, 0.2) is 6.61 Å². The van der Waals surface area contributed by atoms with E-state index in [1.165, 1.54) is 7.11 Å². The number of nitrogens with one attached hydrogen (secondary N) is 1. The Hall–Kier alpha value is -3.34. The Kier molecular flexibility index (Phi) is 5.71. The van der Waals surface area contributed by atoms with Gasteiger partial charge in [-0.25, -0.2) is 4.79 Å². The Balaban J connectivity index is 1.68. The zero-order valence-electron chi connectivity index (χ0n) is 15.3. The van der Waals surface area contributed by atoms with Gasteiger partial charge in [0.2, 0.25) is 5.91 Å². The highest BCUT2D eigenvalue weighted by Crippen LogP contribution is 2.23. The summed E-state index contributed by atoms with van der Waals surface area (Å²) >= 11 is 0. The molecule has 0 radical (unpaired) electrons. The van der Waals surface area contributed by atoms with Crippen molar-refractivity contribution < 1.29 is 19.1 Å². The van der Waals surface area contributed by atoms with Gasteiger partial charge >= 0.3 is 5.97 Å². The summed E-state index contributed by atoms with van der Waals surface area (Å²) in [5, 5.41) is 5.14. The van der Waals surface area contributed by atoms with Crippen molar-refractivity contribution in [2.45, 2.75) is 13.3 Å². The second-order valence-corrected chi connectivity index (χ2v) is 6.20. The molecule has 0 saturated heterocycles. The molecule has 3 rings (SSSR count). The van der Waals surface area contributed by atoms with Crippen molar-refractivity contribution in [3.05, 3.63) is 71.8 Å². The zero-order valence-corrected chi connectivity index (χ0v) is 15.3. The molecule has 27 heavy (non-hydrogen) atoms. The number of carbonyl (C=O) groups excluding carboxylic acids is 2. The van der Waals surface area contributed by atoms with Crippen LogP contribution in [0.25, 0.3) is 10.8 Å². The molecule has 0 aliphatic rings. The molecule has 0 atom stereocenters. The number of anilines is 1. The van der Waals surface area contributed by atoms with Gasteiger partial charge in [0.25, 0.3) is 0 Å². The van der Waals surface area contributed by atoms with Crippen LogP contribution >= 0.6 is 0 Å². The van der Waals surface area contributed by atoms with Crippen LogP contribution < -0.4 is 10.1 Å². The lowest BCUT2D eigenvalue weighted by Crippen LogP contribution is -2.16. The Morgan fingerprint density at radius 1 is 1.00 bits per heavy atom. The molecule has 5 heteroatoms. The molecule has 0 aromatic heterocycles. The van der Waals surface area contributed by atoms with Gasteiger partial charge < -0.3 is 14.8 Å². The van der Waals surface area contributed by atoms with Crippen LogP contribution in [0.4, 0.5) is 5.69 Å². The highest BCUT2D eigenvalue weighted by molar-refractivity contribution is 5.96. The third-order valence-corrected chi connectivity index (χ3v) is 4.29. The van der Waals surface area contributed by atoms with Crippen molar-refractivity contribution in [1.29, 1.82) is 0 Å². The quantitative estimate of drug-likeness (QED) is 0.675. The summed E-state index contributed by atoms with van der Waals surface area (Å²) in [6.45, 7) is 1.72. The van der Waals surface area contributed by atoms with E-state index in [9.17, 15) is 9.59 Å². The van der Waals surface area contributed by atoms with Crippen LogP contribution in [0, 0.1) is 6.92 Å². The number of aryl methyl sites for hydroxylation is 1. The lowest BCUT2D eigenvalue weighted by molar-refractivity contribution is -0.142. The number of hydrogen-bond donors (Lipinski definition) is 1. The van der Waals surface area contributed by atoms with E-state index >= 15 is 0 Å². The van der Waals surface area contributed by atoms with Crippen LogP contribution in [0.5, 0.6) is 5.75 Å². The first-order valence-corrected chi connectivity index (χ1v) is 8.63. The largest absolute Gasteiger partial charge is 0.482 e. The molecule has 0 bridgehead atoms. The van der Waals surface area contributed by atoms with Crippen molar-refractivity contribution in [1.82, 2.24) is 0 Å². The molecule has 0 fully saturated rings. The topological polar surface area (TPSA) is 64.6 Å². The monoisotopic (exact) mass is 363 g/mol. The summed E-state index contributed by atoms with van der Waals surface area (Å²) in [5.74, 6) is 0.0164. The van der Waals surface area contributed by atoms with Crippen LogP contribution in [0.3, 0.4) is 0 Å². The van der Waals surface area contributed by atoms with E-state index in [1.54, 1.807) is 18.2 Å². The van der Waals surface area contributed by atoms with Gasteiger partial charge in [-0.2, -0.15) is 0 Å². The highest BCUT2D eigenvalue weighted by Gasteiger charge is 2.10. The number of methoxy groups -OCH3 is 1. The fraction of sp³-hybridized carbons (Fsp3) is 0.182. The van der Waals surface area contributed by atoms with Crippen LogP contribution in [-0.4, -0.2) is 25.6 Å². The molecule has 3 aromatic carbocycles. The maximum absolute atomic E-state index is 12.5. The minimum Gasteiger partial charge on any atom is -0.482 e. The molecule has 0 unspecified atom stereocenters. The summed E-state index contributed by atoms with van der Waals surface area (Å²) in [6, 6.07) is 19.2. The molecule has 0 aliphatic carbocycles. The van der Waals surface area contributed by atoms with Gasteiger partial charge in [0.1, 0.15) is 5.75 Å². The fourth-order valence-corrected chi connectivity index (χ4v) is 2.88. The lowest BCUT2D eigenvalue weighted by Gasteiger charge is -2.12. The van der Waals surface area contributed by atoms with Crippen molar-refractivity contribution in [3.8, 4) is 5.75 Å². The molecule has 3 aromatic rings. The molecule has 1 N–H and O–H groups in total. The van der Waals surface area contributed by atoms with Gasteiger partial charge in [-0.05, 0) is 47.0 Å². The third-order valence-electron chi connectivity index (χ3n) is 4.29. The SMILES string of the molecule is COC(=O)COc1ccc(NC(=O)Cc2cccc3ccccc23)c(C)c1. The average molecular weight is 363 g/mol. The van der Waals surface area contributed by atoms with E-state index in [2.05, 4.69) is 10.1 Å². The molecule has 5 nitrogen and oxygen atoms in total. The highest BCUT2D eigenvalue weighted by atomic mass is 16.6. The second-order valence-electron chi connectivity index (χ2n) is 6.20. The average Bonchev–Trinajstić information content (AvgIpc) is 2.68. The van der Waals surface area contributed by atoms with Crippen molar-refractivity contribution in [3.63, 3.8) is 0 Å². The summed E-state index contributed by atoms with van der Waals surface area (Å²) in [7, 11) is 1.31. The Labute approximate surface area is 157 Å². The minimum absolute atomic E-state index is 0.0855. The molecule has 138 valence electrons. The molecule has 1 amide bonds. The number of amides is 1. The minimum atomic E-state index is -0.444. The third kappa shape index (κ3) is 4.64. The Morgan fingerprint density at radius 2 is 1.78 bits per heavy atom. The van der Waals surface area contributed by atoms with Gasteiger partial charge in [-0.3, -0.25) is 4.79 Å². The van der Waals surface area contributed by atoms with Crippen LogP contribution in [0.15, 0.2) is 60.7 Å². The van der Waals surface area contributed by atoms with Gasteiger partial charge in [-0.15, -0.1) is 0 Å². The number of fused-ring (bicyclic) bond motifs is 1. The first-order chi connectivity index (χ1) is 13.1. The zero-order chi connectivity index (χ0) is 19.2. The van der Waals surface area contributed by atoms with E-state index in [-0.39, 0.29) is 12.5 Å². The van der Waals surface area contributed by atoms with Crippen LogP contribution in [-0.2, 0) is 20.7 Å². The molecule has 0 aliphatic heterocycles. The number of rotatable bonds is 6. The predicted molar refractivity (Wildman–Crippen MR) is 105 cm³/mol. The van der Waals surface area contributed by atoms with Crippen molar-refractivity contribution in [2.75, 3.05) is 19.0 Å². The molecule has 0 heterocycles. The van der Waals surface area contributed by atoms with Gasteiger partial charge in [0, 0.05) is 5.69 Å². The fourth-order valence-electron chi connectivity index (χ4n) is 2.88. The smallest absolute Gasteiger partial charge is 0.343 e. The molecule has 0 saturated carbocycles. The van der Waals surface area contributed by atoms with E-state index in [1.807, 2.05) is 49.4 Å². The number of ether oxygens (including phenoxy) is 2. The first-order valence-electron chi connectivity index (χ1n) is 8.63. The number of esters is 1. The van der Waals surface area contributed by atoms with Crippen LogP contribution in [0.1, 0.15) is 11.1 Å². The summed E-state index contributed by atoms with van der Waals surface area (Å²) in [5.41, 5.74) is 2.55. The van der Waals surface area contributed by atoms with Gasteiger partial charge in [0.05, 0.1) is 13.5 Å². The number of hydrogen-bond acceptors (Lipinski definition) is 4. The lowest BCUT2D eigenvalue weighted by atomic mass is 10.0. The molecule has 0 spiro atoms. The Bertz CT molecular complexity index is 976. The normalized spacial score (nSPS) is 10.4. The van der Waals surface area contributed by atoms with E-state index < -0.39 is 5.97 Å². The molecular formula is C22H21NO4. The molecular weight excluding hydrogens is 342 g/mol. The predicted octanol–water partition coefficient (Wildman–Crippen LogP) is 3.88. The summed E-state index contributed by atoms with van der Waals surface area (Å²) in [4.78, 5) is 23.7. The van der Waals surface area contributed by atoms with Crippen molar-refractivity contribution >= 4 is 28.3 Å². The standard InChI is InChI=1S/C22H21NO4/c1-15-12-18(27-14-22(25)26-2)10-11-20(15)23-21(24)13-17-8-5-7-16-6-3-4-9-19(16)17/h3-12H,13-14H2,1-2H3,(H,23,24). The summed E-state index contributed by atoms with van der Waals surface area (Å²) < 4.78 is 9.90. The van der Waals surface area contributed by atoms with Gasteiger partial charge in [-0.1, -0.05) is 42.5 Å². The second kappa shape index (κ2) is 8.36. The number of benzene rings is 3.